The zero-order valence-electron chi connectivity index (χ0n) is 14.4. The van der Waals surface area contributed by atoms with Crippen LogP contribution in [0.15, 0.2) is 29.6 Å². The van der Waals surface area contributed by atoms with Crippen LogP contribution in [0.5, 0.6) is 0 Å². The van der Waals surface area contributed by atoms with Gasteiger partial charge in [-0.15, -0.1) is 11.3 Å². The molecule has 1 unspecified atom stereocenters. The second kappa shape index (κ2) is 8.18. The summed E-state index contributed by atoms with van der Waals surface area (Å²) in [6, 6.07) is 5.04. The first-order chi connectivity index (χ1) is 12.5. The van der Waals surface area contributed by atoms with Gasteiger partial charge >= 0.3 is 0 Å². The largest absolute Gasteiger partial charge is 0.340 e. The average molecular weight is 395 g/mol. The average Bonchev–Trinajstić information content (AvgIpc) is 3.08. The predicted octanol–water partition coefficient (Wildman–Crippen LogP) is 4.02. The third kappa shape index (κ3) is 4.07. The van der Waals surface area contributed by atoms with Gasteiger partial charge in [-0.1, -0.05) is 24.9 Å². The van der Waals surface area contributed by atoms with Crippen molar-refractivity contribution < 1.29 is 14.0 Å². The molecule has 0 spiro atoms. The van der Waals surface area contributed by atoms with Gasteiger partial charge in [0, 0.05) is 18.0 Å². The van der Waals surface area contributed by atoms with Gasteiger partial charge in [-0.05, 0) is 48.1 Å². The van der Waals surface area contributed by atoms with Crippen LogP contribution >= 0.6 is 22.9 Å². The van der Waals surface area contributed by atoms with E-state index < -0.39 is 17.8 Å². The van der Waals surface area contributed by atoms with Gasteiger partial charge in [-0.3, -0.25) is 9.59 Å². The van der Waals surface area contributed by atoms with Crippen molar-refractivity contribution in [3.63, 3.8) is 0 Å². The number of carbonyl (C=O) groups excluding carboxylic acids is 2. The third-order valence-corrected chi connectivity index (χ3v) is 5.81. The van der Waals surface area contributed by atoms with Gasteiger partial charge in [0.15, 0.2) is 0 Å². The van der Waals surface area contributed by atoms with Crippen molar-refractivity contribution in [1.82, 2.24) is 10.2 Å². The minimum atomic E-state index is -0.617. The Morgan fingerprint density at radius 1 is 1.38 bits per heavy atom. The molecular formula is C19H20ClFN2O2S. The number of benzene rings is 1. The molecule has 4 nitrogen and oxygen atoms in total. The van der Waals surface area contributed by atoms with Gasteiger partial charge in [0.05, 0.1) is 10.6 Å². The Labute approximate surface area is 161 Å². The Morgan fingerprint density at radius 2 is 2.19 bits per heavy atom. The van der Waals surface area contributed by atoms with Crippen LogP contribution < -0.4 is 5.32 Å². The number of nitrogens with zero attached hydrogens (tertiary/aromatic N) is 1. The molecule has 7 heteroatoms. The lowest BCUT2D eigenvalue weighted by Gasteiger charge is -2.31. The van der Waals surface area contributed by atoms with Crippen LogP contribution in [0.1, 0.15) is 40.6 Å². The van der Waals surface area contributed by atoms with Crippen molar-refractivity contribution in [2.24, 2.45) is 0 Å². The van der Waals surface area contributed by atoms with Gasteiger partial charge in [-0.25, -0.2) is 4.39 Å². The molecule has 1 N–H and O–H groups in total. The molecule has 1 aromatic heterocycles. The van der Waals surface area contributed by atoms with E-state index in [1.807, 2.05) is 18.4 Å². The van der Waals surface area contributed by atoms with Gasteiger partial charge in [0.25, 0.3) is 5.91 Å². The topological polar surface area (TPSA) is 49.4 Å². The highest BCUT2D eigenvalue weighted by atomic mass is 35.5. The van der Waals surface area contributed by atoms with Gasteiger partial charge in [-0.2, -0.15) is 0 Å². The maximum absolute atomic E-state index is 13.2. The molecule has 2 amide bonds. The molecule has 0 bridgehead atoms. The second-order valence-corrected chi connectivity index (χ2v) is 7.73. The molecular weight excluding hydrogens is 375 g/mol. The number of halogens is 2. The normalized spacial score (nSPS) is 14.7. The van der Waals surface area contributed by atoms with E-state index in [-0.39, 0.29) is 16.5 Å². The molecule has 3 rings (SSSR count). The van der Waals surface area contributed by atoms with E-state index >= 15 is 0 Å². The highest BCUT2D eigenvalue weighted by Crippen LogP contribution is 2.25. The molecule has 1 aromatic carbocycles. The number of thiophene rings is 1. The van der Waals surface area contributed by atoms with Crippen LogP contribution in [0.25, 0.3) is 0 Å². The van der Waals surface area contributed by atoms with Crippen LogP contribution in [0, 0.1) is 5.82 Å². The van der Waals surface area contributed by atoms with Crippen molar-refractivity contribution in [2.45, 2.75) is 38.8 Å². The Morgan fingerprint density at radius 3 is 2.92 bits per heavy atom. The van der Waals surface area contributed by atoms with Gasteiger partial charge in [0.2, 0.25) is 5.91 Å². The number of nitrogens with one attached hydrogen (secondary N) is 1. The molecule has 1 aliphatic rings. The minimum absolute atomic E-state index is 0.0334. The smallest absolute Gasteiger partial charge is 0.253 e. The van der Waals surface area contributed by atoms with Gasteiger partial charge in [0.1, 0.15) is 11.9 Å². The van der Waals surface area contributed by atoms with Gasteiger partial charge < -0.3 is 10.2 Å². The summed E-state index contributed by atoms with van der Waals surface area (Å²) in [6.07, 6.45) is 2.14. The molecule has 2 heterocycles. The predicted molar refractivity (Wildman–Crippen MR) is 101 cm³/mol. The third-order valence-electron chi connectivity index (χ3n) is 4.48. The van der Waals surface area contributed by atoms with Crippen LogP contribution in [0.3, 0.4) is 0 Å². The number of fused-ring (bicyclic) bond motifs is 1. The molecule has 0 aliphatic carbocycles. The fraction of sp³-hybridized carbons (Fsp3) is 0.368. The van der Waals surface area contributed by atoms with Crippen molar-refractivity contribution in [2.75, 3.05) is 6.54 Å². The Hall–Kier alpha value is -1.92. The number of rotatable bonds is 5. The maximum Gasteiger partial charge on any atom is 0.253 e. The Balaban J connectivity index is 1.72. The van der Waals surface area contributed by atoms with E-state index in [0.29, 0.717) is 19.5 Å². The summed E-state index contributed by atoms with van der Waals surface area (Å²) >= 11 is 7.68. The molecule has 26 heavy (non-hydrogen) atoms. The van der Waals surface area contributed by atoms with Crippen molar-refractivity contribution in [1.29, 1.82) is 0 Å². The summed E-state index contributed by atoms with van der Waals surface area (Å²) in [5.41, 5.74) is 1.35. The lowest BCUT2D eigenvalue weighted by molar-refractivity contribution is -0.134. The number of amides is 2. The fourth-order valence-corrected chi connectivity index (χ4v) is 4.26. The monoisotopic (exact) mass is 394 g/mol. The van der Waals surface area contributed by atoms with Crippen molar-refractivity contribution in [3.05, 3.63) is 56.5 Å². The number of hydrogen-bond acceptors (Lipinski definition) is 3. The van der Waals surface area contributed by atoms with Crippen molar-refractivity contribution >= 4 is 34.8 Å². The fourth-order valence-electron chi connectivity index (χ4n) is 3.11. The molecule has 2 aromatic rings. The minimum Gasteiger partial charge on any atom is -0.340 e. The first-order valence-electron chi connectivity index (χ1n) is 8.59. The summed E-state index contributed by atoms with van der Waals surface area (Å²) in [7, 11) is 0. The zero-order chi connectivity index (χ0) is 18.7. The first-order valence-corrected chi connectivity index (χ1v) is 9.85. The maximum atomic E-state index is 13.2. The lowest BCUT2D eigenvalue weighted by atomic mass is 10.1. The first kappa shape index (κ1) is 18.9. The summed E-state index contributed by atoms with van der Waals surface area (Å²) in [5.74, 6) is -1.06. The molecule has 0 saturated heterocycles. The standard InChI is InChI=1S/C19H20ClFN2O2S/c1-2-3-16(22-18(24)14-5-4-13(21)10-15(14)20)19(25)23-8-6-17-12(11-23)7-9-26-17/h4-5,7,9-10,16H,2-3,6,8,11H2,1H3,(H,22,24). The molecule has 1 aliphatic heterocycles. The van der Waals surface area contributed by atoms with E-state index in [1.54, 1.807) is 16.2 Å². The Bertz CT molecular complexity index is 824. The summed E-state index contributed by atoms with van der Waals surface area (Å²) in [6.45, 7) is 3.19. The molecule has 0 saturated carbocycles. The lowest BCUT2D eigenvalue weighted by Crippen LogP contribution is -2.49. The highest BCUT2D eigenvalue weighted by molar-refractivity contribution is 7.10. The van der Waals surface area contributed by atoms with E-state index in [1.165, 1.54) is 22.6 Å². The zero-order valence-corrected chi connectivity index (χ0v) is 16.0. The Kier molecular flexibility index (Phi) is 5.94. The highest BCUT2D eigenvalue weighted by Gasteiger charge is 2.29. The van der Waals surface area contributed by atoms with Crippen LogP contribution in [0.4, 0.5) is 4.39 Å². The van der Waals surface area contributed by atoms with E-state index in [2.05, 4.69) is 5.32 Å². The van der Waals surface area contributed by atoms with Crippen molar-refractivity contribution in [3.8, 4) is 0 Å². The van der Waals surface area contributed by atoms with E-state index in [9.17, 15) is 14.0 Å². The second-order valence-electron chi connectivity index (χ2n) is 6.32. The summed E-state index contributed by atoms with van der Waals surface area (Å²) in [5, 5.41) is 4.85. The summed E-state index contributed by atoms with van der Waals surface area (Å²) < 4.78 is 13.2. The van der Waals surface area contributed by atoms with E-state index in [0.717, 1.165) is 18.9 Å². The summed E-state index contributed by atoms with van der Waals surface area (Å²) in [4.78, 5) is 28.6. The molecule has 0 fully saturated rings. The molecule has 1 atom stereocenters. The quantitative estimate of drug-likeness (QED) is 0.832. The number of carbonyl (C=O) groups is 2. The van der Waals surface area contributed by atoms with Crippen LogP contribution in [-0.2, 0) is 17.8 Å². The van der Waals surface area contributed by atoms with Crippen LogP contribution in [0.2, 0.25) is 5.02 Å². The number of hydrogen-bond donors (Lipinski definition) is 1. The van der Waals surface area contributed by atoms with E-state index in [4.69, 9.17) is 11.6 Å². The SMILES string of the molecule is CCCC(NC(=O)c1ccc(F)cc1Cl)C(=O)N1CCc2sccc2C1. The van der Waals surface area contributed by atoms with Crippen LogP contribution in [-0.4, -0.2) is 29.3 Å². The molecule has 0 radical (unpaired) electrons. The molecule has 138 valence electrons.